The number of benzene rings is 11. The molecule has 2 aromatic heterocycles. The van der Waals surface area contributed by atoms with Crippen LogP contribution in [0.2, 0.25) is 0 Å². The first-order valence-corrected chi connectivity index (χ1v) is 42.2. The van der Waals surface area contributed by atoms with E-state index in [0.717, 1.165) is 24.1 Å². The molecule has 1 atom stereocenters. The molecule has 0 bridgehead atoms. The van der Waals surface area contributed by atoms with Gasteiger partial charge >= 0.3 is 0 Å². The summed E-state index contributed by atoms with van der Waals surface area (Å²) in [7, 11) is 0. The Hall–Kier alpha value is -9.50. The Bertz CT molecular complexity index is 5680. The van der Waals surface area contributed by atoms with Crippen LogP contribution in [0.1, 0.15) is 286 Å². The van der Waals surface area contributed by atoms with Crippen LogP contribution in [0, 0.1) is 0 Å². The number of nitrogens with zero attached hydrogens (tertiary/aromatic N) is 2. The molecule has 13 aromatic rings. The van der Waals surface area contributed by atoms with Crippen molar-refractivity contribution in [1.82, 2.24) is 9.13 Å². The van der Waals surface area contributed by atoms with E-state index in [1.165, 1.54) is 214 Å². The fourth-order valence-electron chi connectivity index (χ4n) is 19.2. The van der Waals surface area contributed by atoms with Crippen molar-refractivity contribution in [2.45, 2.75) is 252 Å². The summed E-state index contributed by atoms with van der Waals surface area (Å²) in [5.41, 5.74) is 32.6. The molecule has 2 heterocycles. The Labute approximate surface area is 666 Å². The van der Waals surface area contributed by atoms with Crippen LogP contribution in [-0.2, 0) is 43.3 Å². The van der Waals surface area contributed by atoms with E-state index < -0.39 is 5.41 Å². The Morgan fingerprint density at radius 3 is 1.09 bits per heavy atom. The second-order valence-corrected chi connectivity index (χ2v) is 38.4. The molecule has 1 unspecified atom stereocenters. The minimum atomic E-state index is -0.657. The first-order chi connectivity index (χ1) is 52.9. The molecule has 2 aliphatic rings. The number of rotatable bonds is 23. The summed E-state index contributed by atoms with van der Waals surface area (Å²) in [5.74, 6) is 0. The summed E-state index contributed by atoms with van der Waals surface area (Å²) in [5, 5.41) is 5.17. The monoisotopic (exact) mass is 1460 g/mol. The molecule has 0 spiro atoms. The van der Waals surface area contributed by atoms with Crippen molar-refractivity contribution >= 4 is 55.3 Å². The number of hydrogen-bond donors (Lipinski definition) is 0. The Kier molecular flexibility index (Phi) is 20.0. The van der Waals surface area contributed by atoms with E-state index in [2.05, 4.69) is 378 Å². The first kappa shape index (κ1) is 76.8. The van der Waals surface area contributed by atoms with Gasteiger partial charge in [0.2, 0.25) is 0 Å². The summed E-state index contributed by atoms with van der Waals surface area (Å²) >= 11 is 0. The van der Waals surface area contributed by atoms with E-state index in [1.54, 1.807) is 5.57 Å². The lowest BCUT2D eigenvalue weighted by atomic mass is 9.60. The second-order valence-electron chi connectivity index (χ2n) is 38.4. The van der Waals surface area contributed by atoms with Gasteiger partial charge in [-0.2, -0.15) is 0 Å². The van der Waals surface area contributed by atoms with Crippen LogP contribution in [-0.4, -0.2) is 9.13 Å². The minimum Gasteiger partial charge on any atom is -0.309 e. The van der Waals surface area contributed by atoms with Crippen LogP contribution in [0.5, 0.6) is 0 Å². The Balaban J connectivity index is 0.875. The molecule has 11 aromatic carbocycles. The maximum atomic E-state index is 4.07. The summed E-state index contributed by atoms with van der Waals surface area (Å²) in [6.45, 7) is 49.5. The van der Waals surface area contributed by atoms with Crippen molar-refractivity contribution in [2.75, 3.05) is 0 Å². The van der Waals surface area contributed by atoms with Gasteiger partial charge in [-0.3, -0.25) is 0 Å². The van der Waals surface area contributed by atoms with Crippen molar-refractivity contribution in [2.24, 2.45) is 0 Å². The van der Waals surface area contributed by atoms with Crippen molar-refractivity contribution in [3.63, 3.8) is 0 Å². The largest absolute Gasteiger partial charge is 0.309 e. The molecule has 0 N–H and O–H groups in total. The topological polar surface area (TPSA) is 9.86 Å². The lowest BCUT2D eigenvalue weighted by Gasteiger charge is -2.44. The molecule has 0 amide bonds. The fourth-order valence-corrected chi connectivity index (χ4v) is 19.2. The smallest absolute Gasteiger partial charge is 0.0713 e. The lowest BCUT2D eigenvalue weighted by molar-refractivity contribution is 0.303. The minimum absolute atomic E-state index is 0.00242. The van der Waals surface area contributed by atoms with Crippen molar-refractivity contribution in [3.05, 3.63) is 321 Å². The van der Waals surface area contributed by atoms with Gasteiger partial charge in [-0.05, 0) is 254 Å². The van der Waals surface area contributed by atoms with Gasteiger partial charge in [0, 0.05) is 32.9 Å². The van der Waals surface area contributed by atoms with Crippen LogP contribution in [0.25, 0.3) is 88.9 Å². The van der Waals surface area contributed by atoms with Crippen LogP contribution < -0.4 is 0 Å². The summed E-state index contributed by atoms with van der Waals surface area (Å²) < 4.78 is 4.95. The van der Waals surface area contributed by atoms with E-state index >= 15 is 0 Å². The van der Waals surface area contributed by atoms with Gasteiger partial charge < -0.3 is 9.13 Å². The van der Waals surface area contributed by atoms with Gasteiger partial charge in [-0.15, -0.1) is 0 Å². The third-order valence-corrected chi connectivity index (χ3v) is 27.7. The number of aromatic nitrogens is 2. The molecular formula is C109H122N2. The zero-order valence-electron chi connectivity index (χ0n) is 70.6. The maximum Gasteiger partial charge on any atom is 0.0713 e. The third kappa shape index (κ3) is 13.1. The summed E-state index contributed by atoms with van der Waals surface area (Å²) in [4.78, 5) is 0. The molecular weight excluding hydrogens is 1340 g/mol. The number of hydrogen-bond acceptors (Lipinski definition) is 0. The molecule has 15 rings (SSSR count). The fraction of sp³-hybridized carbons (Fsp3) is 0.358. The summed E-state index contributed by atoms with van der Waals surface area (Å²) in [6, 6.07) is 91.7. The van der Waals surface area contributed by atoms with Gasteiger partial charge in [0.25, 0.3) is 0 Å². The first-order valence-electron chi connectivity index (χ1n) is 42.2. The van der Waals surface area contributed by atoms with Crippen LogP contribution in [0.15, 0.2) is 243 Å². The van der Waals surface area contributed by atoms with E-state index in [4.69, 9.17) is 0 Å². The molecule has 0 aliphatic heterocycles. The zero-order chi connectivity index (χ0) is 78.5. The highest BCUT2D eigenvalue weighted by molar-refractivity contribution is 6.11. The second kappa shape index (κ2) is 28.9. The highest BCUT2D eigenvalue weighted by Gasteiger charge is 2.49. The van der Waals surface area contributed by atoms with Crippen molar-refractivity contribution < 1.29 is 0 Å². The lowest BCUT2D eigenvalue weighted by Crippen LogP contribution is -2.40. The molecule has 0 saturated carbocycles. The van der Waals surface area contributed by atoms with Crippen LogP contribution >= 0.6 is 0 Å². The van der Waals surface area contributed by atoms with E-state index in [1.807, 2.05) is 6.08 Å². The molecule has 0 fully saturated rings. The Morgan fingerprint density at radius 1 is 0.306 bits per heavy atom. The highest BCUT2D eigenvalue weighted by atomic mass is 15.0. The Morgan fingerprint density at radius 2 is 0.667 bits per heavy atom. The molecule has 2 nitrogen and oxygen atoms in total. The van der Waals surface area contributed by atoms with Gasteiger partial charge in [-0.1, -0.05) is 347 Å². The van der Waals surface area contributed by atoms with Crippen LogP contribution in [0.3, 0.4) is 0 Å². The van der Waals surface area contributed by atoms with E-state index in [-0.39, 0.29) is 37.9 Å². The van der Waals surface area contributed by atoms with Gasteiger partial charge in [0.15, 0.2) is 0 Å². The predicted octanol–water partition coefficient (Wildman–Crippen LogP) is 30.8. The zero-order valence-corrected chi connectivity index (χ0v) is 70.6. The molecule has 0 saturated heterocycles. The number of allylic oxidation sites excluding steroid dienone is 1. The molecule has 0 radical (unpaired) electrons. The number of fused-ring (bicyclic) bond motifs is 12. The summed E-state index contributed by atoms with van der Waals surface area (Å²) in [6.07, 6.45) is 17.1. The SMILES string of the molecule is C=Cc1ccc(-n2c3ccc(C(C)(C)C)cc3c3cc(C(C)(C)C(C)(C)c4ccc(C5(c6ccc(C(C)(C)C(C)(C)c7ccc8c(c7)c7cc(C(C)(C)C)ccc7n8-c7ccc(C(C)(C)C)cc7)cc6)c6ccccc6-c6cc7c(cc65)-c5ccccc5C7=C(CCCCCCC)CCCCCCC)cc4)ccc32)cc1. The normalized spacial score (nSPS) is 14.7. The molecule has 111 heavy (non-hydrogen) atoms. The highest BCUT2D eigenvalue weighted by Crippen LogP contribution is 2.61. The average Bonchev–Trinajstić information content (AvgIpc) is 1.53. The number of unbranched alkanes of at least 4 members (excludes halogenated alkanes) is 8. The molecule has 568 valence electrons. The van der Waals surface area contributed by atoms with Gasteiger partial charge in [0.1, 0.15) is 0 Å². The van der Waals surface area contributed by atoms with E-state index in [9.17, 15) is 0 Å². The van der Waals surface area contributed by atoms with Crippen LogP contribution in [0.4, 0.5) is 0 Å². The van der Waals surface area contributed by atoms with E-state index in [0.29, 0.717) is 0 Å². The average molecular weight is 1460 g/mol. The predicted molar refractivity (Wildman–Crippen MR) is 482 cm³/mol. The van der Waals surface area contributed by atoms with Gasteiger partial charge in [-0.25, -0.2) is 0 Å². The standard InChI is InChI=1S/C109H122N2/c1-21-24-26-28-30-36-73(37-31-29-27-25-22-2)101-87-40-33-32-38-85(87)88-71-96-89(70-94(88)101)86-39-34-35-41-95(86)109(96,77-48-44-75(45-49-77)105(13,14)107(17,18)81-56-64-99-92(68-81)90-66-79(103(7,8)9)54-62-97(90)110(99)83-58-42-72(23-3)43-59-83)78-50-46-76(47-51-78)106(15,16)108(19,20)82-57-65-100-93(69-82)91-67-80(104(10,11)12)55-63-98(91)111(100)84-60-52-74(53-61-84)102(4,5)6/h23,32-35,38-71H,3,21-22,24-31,36-37H2,1-2,4-20H3. The molecule has 2 aliphatic carbocycles. The van der Waals surface area contributed by atoms with Gasteiger partial charge in [0.05, 0.1) is 27.5 Å². The van der Waals surface area contributed by atoms with Crippen molar-refractivity contribution in [1.29, 1.82) is 0 Å². The quantitative estimate of drug-likeness (QED) is 0.0565. The molecule has 2 heteroatoms. The third-order valence-electron chi connectivity index (χ3n) is 27.7. The van der Waals surface area contributed by atoms with Crippen molar-refractivity contribution in [3.8, 4) is 33.6 Å². The maximum absolute atomic E-state index is 4.07.